The lowest BCUT2D eigenvalue weighted by Gasteiger charge is -2.06. The fourth-order valence-electron chi connectivity index (χ4n) is 2.34. The molecule has 3 rings (SSSR count). The number of hydrogen-bond acceptors (Lipinski definition) is 4. The molecule has 0 spiro atoms. The summed E-state index contributed by atoms with van der Waals surface area (Å²) in [4.78, 5) is 34.3. The van der Waals surface area contributed by atoms with Gasteiger partial charge in [0.1, 0.15) is 0 Å². The van der Waals surface area contributed by atoms with Crippen molar-refractivity contribution in [3.8, 4) is 0 Å². The number of carboxylic acid groups (broad SMARTS) is 1. The van der Waals surface area contributed by atoms with Crippen molar-refractivity contribution in [2.45, 2.75) is 6.42 Å². The molecular weight excluding hydrogens is 248 g/mol. The Kier molecular flexibility index (Phi) is 2.35. The van der Waals surface area contributed by atoms with Crippen molar-refractivity contribution in [3.05, 3.63) is 47.0 Å². The molecule has 0 radical (unpaired) electrons. The summed E-state index contributed by atoms with van der Waals surface area (Å²) < 4.78 is 4.59. The number of carbonyl (C=O) groups excluding carboxylic acids is 2. The Morgan fingerprint density at radius 1 is 1.11 bits per heavy atom. The molecule has 0 fully saturated rings. The molecule has 1 heterocycles. The fourth-order valence-corrected chi connectivity index (χ4v) is 2.34. The average molecular weight is 256 g/mol. The van der Waals surface area contributed by atoms with Gasteiger partial charge in [-0.25, -0.2) is 9.59 Å². The summed E-state index contributed by atoms with van der Waals surface area (Å²) in [6.45, 7) is 0. The highest BCUT2D eigenvalue weighted by molar-refractivity contribution is 6.22. The predicted octanol–water partition coefficient (Wildman–Crippen LogP) is 1.78. The third kappa shape index (κ3) is 1.67. The monoisotopic (exact) mass is 256 g/mol. The molecule has 0 aromatic heterocycles. The van der Waals surface area contributed by atoms with Crippen LogP contribution in [0.3, 0.4) is 0 Å². The standard InChI is InChI=1S/C14H8O5/c15-10(16)6-8-5-7-3-1-2-4-9(7)12-11(8)13(17)19-14(12)18/h1-5H,6H2,(H,15,16). The van der Waals surface area contributed by atoms with E-state index in [1.54, 1.807) is 30.3 Å². The maximum atomic E-state index is 11.7. The first kappa shape index (κ1) is 11.4. The molecule has 0 bridgehead atoms. The van der Waals surface area contributed by atoms with Crippen molar-refractivity contribution >= 4 is 28.7 Å². The highest BCUT2D eigenvalue weighted by Gasteiger charge is 2.34. The van der Waals surface area contributed by atoms with Crippen molar-refractivity contribution in [1.82, 2.24) is 0 Å². The van der Waals surface area contributed by atoms with Crippen molar-refractivity contribution in [3.63, 3.8) is 0 Å². The Bertz CT molecular complexity index is 745. The quantitative estimate of drug-likeness (QED) is 0.654. The van der Waals surface area contributed by atoms with Crippen LogP contribution in [0.25, 0.3) is 10.8 Å². The van der Waals surface area contributed by atoms with Crippen LogP contribution in [0.15, 0.2) is 30.3 Å². The smallest absolute Gasteiger partial charge is 0.347 e. The number of cyclic esters (lactones) is 2. The second-order valence-corrected chi connectivity index (χ2v) is 4.25. The molecule has 2 aromatic carbocycles. The van der Waals surface area contributed by atoms with E-state index < -0.39 is 17.9 Å². The average Bonchev–Trinajstić information content (AvgIpc) is 2.65. The van der Waals surface area contributed by atoms with Gasteiger partial charge in [-0.15, -0.1) is 0 Å². The molecular formula is C14H8O5. The SMILES string of the molecule is O=C(O)Cc1cc2ccccc2c2c1C(=O)OC2=O. The van der Waals surface area contributed by atoms with Crippen LogP contribution >= 0.6 is 0 Å². The van der Waals surface area contributed by atoms with E-state index in [0.717, 1.165) is 0 Å². The van der Waals surface area contributed by atoms with Gasteiger partial charge in [0.15, 0.2) is 0 Å². The van der Waals surface area contributed by atoms with E-state index in [0.29, 0.717) is 16.3 Å². The van der Waals surface area contributed by atoms with Gasteiger partial charge in [0.2, 0.25) is 0 Å². The summed E-state index contributed by atoms with van der Waals surface area (Å²) >= 11 is 0. The largest absolute Gasteiger partial charge is 0.481 e. The molecule has 0 atom stereocenters. The number of rotatable bonds is 2. The zero-order valence-electron chi connectivity index (χ0n) is 9.67. The molecule has 0 amide bonds. The number of fused-ring (bicyclic) bond motifs is 3. The minimum absolute atomic E-state index is 0.0751. The molecule has 0 saturated carbocycles. The normalized spacial score (nSPS) is 13.5. The van der Waals surface area contributed by atoms with Gasteiger partial charge in [-0.05, 0) is 22.4 Å². The first-order valence-electron chi connectivity index (χ1n) is 5.61. The van der Waals surface area contributed by atoms with Crippen LogP contribution < -0.4 is 0 Å². The molecule has 5 nitrogen and oxygen atoms in total. The van der Waals surface area contributed by atoms with Crippen LogP contribution in [0.4, 0.5) is 0 Å². The topological polar surface area (TPSA) is 80.7 Å². The molecule has 0 saturated heterocycles. The highest BCUT2D eigenvalue weighted by Crippen LogP contribution is 2.32. The number of aliphatic carboxylic acids is 1. The van der Waals surface area contributed by atoms with Crippen LogP contribution in [0.1, 0.15) is 26.3 Å². The van der Waals surface area contributed by atoms with Gasteiger partial charge in [-0.3, -0.25) is 4.79 Å². The Morgan fingerprint density at radius 2 is 1.79 bits per heavy atom. The second kappa shape index (κ2) is 3.91. The van der Waals surface area contributed by atoms with Crippen LogP contribution in [0.2, 0.25) is 0 Å². The van der Waals surface area contributed by atoms with Crippen LogP contribution in [-0.4, -0.2) is 23.0 Å². The number of esters is 2. The van der Waals surface area contributed by atoms with Gasteiger partial charge in [-0.2, -0.15) is 0 Å². The maximum absolute atomic E-state index is 11.7. The number of benzene rings is 2. The summed E-state index contributed by atoms with van der Waals surface area (Å²) in [7, 11) is 0. The maximum Gasteiger partial charge on any atom is 0.347 e. The van der Waals surface area contributed by atoms with E-state index >= 15 is 0 Å². The molecule has 2 aromatic rings. The van der Waals surface area contributed by atoms with Gasteiger partial charge in [0, 0.05) is 0 Å². The third-order valence-corrected chi connectivity index (χ3v) is 3.07. The van der Waals surface area contributed by atoms with Crippen LogP contribution in [0.5, 0.6) is 0 Å². The molecule has 19 heavy (non-hydrogen) atoms. The third-order valence-electron chi connectivity index (χ3n) is 3.07. The molecule has 0 unspecified atom stereocenters. The van der Waals surface area contributed by atoms with E-state index in [1.807, 2.05) is 0 Å². The summed E-state index contributed by atoms with van der Waals surface area (Å²) in [5, 5.41) is 10.2. The number of carboxylic acids is 1. The lowest BCUT2D eigenvalue weighted by Crippen LogP contribution is -2.07. The minimum atomic E-state index is -1.07. The first-order valence-corrected chi connectivity index (χ1v) is 5.61. The molecule has 94 valence electrons. The van der Waals surface area contributed by atoms with Gasteiger partial charge in [-0.1, -0.05) is 24.3 Å². The molecule has 0 aliphatic carbocycles. The molecule has 1 N–H and O–H groups in total. The van der Waals surface area contributed by atoms with Gasteiger partial charge >= 0.3 is 17.9 Å². The van der Waals surface area contributed by atoms with Crippen LogP contribution in [-0.2, 0) is 16.0 Å². The summed E-state index contributed by atoms with van der Waals surface area (Å²) in [5.41, 5.74) is 0.544. The van der Waals surface area contributed by atoms with E-state index in [9.17, 15) is 14.4 Å². The number of ether oxygens (including phenoxy) is 1. The molecule has 5 heteroatoms. The fraction of sp³-hybridized carbons (Fsp3) is 0.0714. The Labute approximate surface area is 107 Å². The van der Waals surface area contributed by atoms with Crippen molar-refractivity contribution in [2.75, 3.05) is 0 Å². The van der Waals surface area contributed by atoms with Gasteiger partial charge in [0.25, 0.3) is 0 Å². The zero-order chi connectivity index (χ0) is 13.6. The lowest BCUT2D eigenvalue weighted by molar-refractivity contribution is -0.136. The van der Waals surface area contributed by atoms with Crippen molar-refractivity contribution in [1.29, 1.82) is 0 Å². The van der Waals surface area contributed by atoms with E-state index in [4.69, 9.17) is 5.11 Å². The number of hydrogen-bond donors (Lipinski definition) is 1. The lowest BCUT2D eigenvalue weighted by atomic mass is 9.94. The van der Waals surface area contributed by atoms with E-state index in [-0.39, 0.29) is 17.5 Å². The highest BCUT2D eigenvalue weighted by atomic mass is 16.6. The minimum Gasteiger partial charge on any atom is -0.481 e. The van der Waals surface area contributed by atoms with Gasteiger partial charge in [0.05, 0.1) is 17.5 Å². The van der Waals surface area contributed by atoms with Crippen molar-refractivity contribution in [2.24, 2.45) is 0 Å². The predicted molar refractivity (Wildman–Crippen MR) is 65.0 cm³/mol. The molecule has 1 aliphatic heterocycles. The van der Waals surface area contributed by atoms with Crippen LogP contribution in [0, 0.1) is 0 Å². The summed E-state index contributed by atoms with van der Waals surface area (Å²) in [5.74, 6) is -2.56. The second-order valence-electron chi connectivity index (χ2n) is 4.25. The van der Waals surface area contributed by atoms with E-state index in [2.05, 4.69) is 4.74 Å². The first-order chi connectivity index (χ1) is 9.08. The number of carbonyl (C=O) groups is 3. The van der Waals surface area contributed by atoms with Crippen molar-refractivity contribution < 1.29 is 24.2 Å². The summed E-state index contributed by atoms with van der Waals surface area (Å²) in [6.07, 6.45) is -0.324. The Hall–Kier alpha value is -2.69. The molecule has 1 aliphatic rings. The zero-order valence-corrected chi connectivity index (χ0v) is 9.67. The van der Waals surface area contributed by atoms with E-state index in [1.165, 1.54) is 0 Å². The Balaban J connectivity index is 2.39. The van der Waals surface area contributed by atoms with Gasteiger partial charge < -0.3 is 9.84 Å². The summed E-state index contributed by atoms with van der Waals surface area (Å²) in [6, 6.07) is 8.61. The Morgan fingerprint density at radius 3 is 2.53 bits per heavy atom.